The Morgan fingerprint density at radius 2 is 1.57 bits per heavy atom. The molecule has 1 saturated heterocycles. The second-order valence-corrected chi connectivity index (χ2v) is 8.00. The van der Waals surface area contributed by atoms with Crippen LogP contribution >= 0.6 is 0 Å². The summed E-state index contributed by atoms with van der Waals surface area (Å²) in [6.45, 7) is 0.758. The number of anilines is 1. The maximum Gasteiger partial charge on any atom is 0.269 e. The molecule has 0 bridgehead atoms. The van der Waals surface area contributed by atoms with Crippen molar-refractivity contribution >= 4 is 21.6 Å². The van der Waals surface area contributed by atoms with E-state index < -0.39 is 44.9 Å². The van der Waals surface area contributed by atoms with Gasteiger partial charge in [0.15, 0.2) is 23.3 Å². The van der Waals surface area contributed by atoms with Crippen LogP contribution in [0.15, 0.2) is 35.2 Å². The first kappa shape index (κ1) is 20.1. The van der Waals surface area contributed by atoms with Gasteiger partial charge in [-0.2, -0.15) is 4.31 Å². The monoisotopic (exact) mass is 417 g/mol. The molecule has 28 heavy (non-hydrogen) atoms. The zero-order valence-corrected chi connectivity index (χ0v) is 15.1. The first-order valence-corrected chi connectivity index (χ1v) is 9.65. The predicted molar refractivity (Wildman–Crippen MR) is 91.8 cm³/mol. The molecule has 150 valence electrons. The Balaban J connectivity index is 1.79. The van der Waals surface area contributed by atoms with Gasteiger partial charge in [-0.25, -0.2) is 26.0 Å². The van der Waals surface area contributed by atoms with Gasteiger partial charge in [0, 0.05) is 24.7 Å². The maximum atomic E-state index is 13.6. The molecule has 11 heteroatoms. The van der Waals surface area contributed by atoms with Crippen molar-refractivity contribution < 1.29 is 30.8 Å². The number of hydrogen-bond acceptors (Lipinski definition) is 4. The fourth-order valence-corrected chi connectivity index (χ4v) is 4.31. The lowest BCUT2D eigenvalue weighted by Gasteiger charge is -2.16. The molecule has 0 atom stereocenters. The van der Waals surface area contributed by atoms with Gasteiger partial charge in [-0.1, -0.05) is 6.07 Å². The summed E-state index contributed by atoms with van der Waals surface area (Å²) in [5, 5.41) is 0. The van der Waals surface area contributed by atoms with Gasteiger partial charge in [0.1, 0.15) is 5.69 Å². The minimum atomic E-state index is -3.77. The minimum Gasteiger partial charge on any atom is -0.293 e. The van der Waals surface area contributed by atoms with Gasteiger partial charge in [0.05, 0.1) is 4.90 Å². The van der Waals surface area contributed by atoms with Crippen LogP contribution in [0.3, 0.4) is 0 Å². The Bertz CT molecular complexity index is 998. The van der Waals surface area contributed by atoms with Crippen molar-refractivity contribution in [1.82, 2.24) is 9.73 Å². The van der Waals surface area contributed by atoms with Gasteiger partial charge in [-0.05, 0) is 31.0 Å². The second-order valence-electron chi connectivity index (χ2n) is 6.06. The van der Waals surface area contributed by atoms with Gasteiger partial charge in [0.2, 0.25) is 10.0 Å². The van der Waals surface area contributed by atoms with Crippen molar-refractivity contribution in [1.29, 1.82) is 0 Å². The maximum absolute atomic E-state index is 13.6. The highest BCUT2D eigenvalue weighted by atomic mass is 32.2. The molecule has 3 rings (SSSR count). The number of halogens is 4. The van der Waals surface area contributed by atoms with E-state index >= 15 is 0 Å². The summed E-state index contributed by atoms with van der Waals surface area (Å²) in [6.07, 6.45) is 1.48. The summed E-state index contributed by atoms with van der Waals surface area (Å²) in [5.74, 6) is -7.68. The van der Waals surface area contributed by atoms with Crippen LogP contribution in [0.5, 0.6) is 0 Å². The van der Waals surface area contributed by atoms with E-state index in [9.17, 15) is 30.8 Å². The summed E-state index contributed by atoms with van der Waals surface area (Å²) in [7, 11) is -3.77. The number of hydrogen-bond donors (Lipinski definition) is 2. The van der Waals surface area contributed by atoms with Crippen molar-refractivity contribution in [3.05, 3.63) is 59.2 Å². The van der Waals surface area contributed by atoms with E-state index in [1.165, 1.54) is 22.5 Å². The Labute approximate surface area is 158 Å². The number of nitrogens with zero attached hydrogens (tertiary/aromatic N) is 1. The van der Waals surface area contributed by atoms with E-state index in [-0.39, 0.29) is 16.5 Å². The van der Waals surface area contributed by atoms with Crippen LogP contribution in [-0.4, -0.2) is 31.7 Å². The van der Waals surface area contributed by atoms with E-state index in [0.717, 1.165) is 18.9 Å². The van der Waals surface area contributed by atoms with E-state index in [2.05, 4.69) is 0 Å². The van der Waals surface area contributed by atoms with E-state index in [1.807, 2.05) is 5.43 Å². The Hall–Kier alpha value is -2.66. The van der Waals surface area contributed by atoms with Crippen LogP contribution in [0.25, 0.3) is 0 Å². The molecule has 6 nitrogen and oxygen atoms in total. The Morgan fingerprint density at radius 3 is 2.18 bits per heavy atom. The summed E-state index contributed by atoms with van der Waals surface area (Å²) < 4.78 is 80.0. The normalized spacial score (nSPS) is 14.9. The third kappa shape index (κ3) is 3.80. The number of carbonyl (C=O) groups excluding carboxylic acids is 1. The average Bonchev–Trinajstić information content (AvgIpc) is 3.22. The number of amides is 1. The number of benzene rings is 2. The van der Waals surface area contributed by atoms with Crippen LogP contribution < -0.4 is 10.9 Å². The highest BCUT2D eigenvalue weighted by Gasteiger charge is 2.27. The standard InChI is InChI=1S/C17H15F4N3O3S/c18-12-9-13(19)15(21)16(14(12)20)22-23-17(25)10-4-3-5-11(8-10)28(26,27)24-6-1-2-7-24/h3-5,8-9,22H,1-2,6-7H2,(H,23,25). The third-order valence-corrected chi connectivity index (χ3v) is 6.11. The van der Waals surface area contributed by atoms with Crippen molar-refractivity contribution in [3.8, 4) is 0 Å². The minimum absolute atomic E-state index is 0.0321. The molecule has 1 fully saturated rings. The van der Waals surface area contributed by atoms with Crippen LogP contribution in [0.1, 0.15) is 23.2 Å². The molecule has 1 amide bonds. The molecule has 1 aliphatic heterocycles. The summed E-state index contributed by atoms with van der Waals surface area (Å²) in [5.41, 5.74) is 2.32. The van der Waals surface area contributed by atoms with Crippen LogP contribution in [-0.2, 0) is 10.0 Å². The predicted octanol–water partition coefficient (Wildman–Crippen LogP) is 2.78. The summed E-state index contributed by atoms with van der Waals surface area (Å²) in [4.78, 5) is 12.1. The van der Waals surface area contributed by atoms with E-state index in [4.69, 9.17) is 0 Å². The fourth-order valence-electron chi connectivity index (χ4n) is 2.75. The molecule has 1 aliphatic rings. The molecule has 0 radical (unpaired) electrons. The zero-order valence-electron chi connectivity index (χ0n) is 14.3. The first-order valence-electron chi connectivity index (χ1n) is 8.21. The van der Waals surface area contributed by atoms with Crippen molar-refractivity contribution in [2.75, 3.05) is 18.5 Å². The summed E-state index contributed by atoms with van der Waals surface area (Å²) >= 11 is 0. The highest BCUT2D eigenvalue weighted by molar-refractivity contribution is 7.89. The molecule has 1 heterocycles. The van der Waals surface area contributed by atoms with Crippen LogP contribution in [0.4, 0.5) is 23.2 Å². The zero-order chi connectivity index (χ0) is 20.5. The molecular formula is C17H15F4N3O3S. The number of rotatable bonds is 5. The topological polar surface area (TPSA) is 78.5 Å². The first-order chi connectivity index (χ1) is 13.2. The Kier molecular flexibility index (Phi) is 5.57. The molecule has 0 unspecified atom stereocenters. The average molecular weight is 417 g/mol. The molecule has 0 aromatic heterocycles. The quantitative estimate of drug-likeness (QED) is 0.446. The lowest BCUT2D eigenvalue weighted by Crippen LogP contribution is -2.31. The van der Waals surface area contributed by atoms with Gasteiger partial charge in [0.25, 0.3) is 5.91 Å². The molecule has 2 N–H and O–H groups in total. The van der Waals surface area contributed by atoms with Gasteiger partial charge in [-0.15, -0.1) is 0 Å². The number of hydrazine groups is 1. The van der Waals surface area contributed by atoms with Crippen LogP contribution in [0, 0.1) is 23.3 Å². The van der Waals surface area contributed by atoms with Gasteiger partial charge >= 0.3 is 0 Å². The van der Waals surface area contributed by atoms with E-state index in [0.29, 0.717) is 13.1 Å². The smallest absolute Gasteiger partial charge is 0.269 e. The van der Waals surface area contributed by atoms with Gasteiger partial charge < -0.3 is 0 Å². The Morgan fingerprint density at radius 1 is 0.964 bits per heavy atom. The lowest BCUT2D eigenvalue weighted by molar-refractivity contribution is 0.0962. The van der Waals surface area contributed by atoms with Gasteiger partial charge in [-0.3, -0.25) is 15.6 Å². The molecule has 2 aromatic rings. The number of nitrogens with one attached hydrogen (secondary N) is 2. The largest absolute Gasteiger partial charge is 0.293 e. The van der Waals surface area contributed by atoms with Crippen molar-refractivity contribution in [2.45, 2.75) is 17.7 Å². The summed E-state index contributed by atoms with van der Waals surface area (Å²) in [6, 6.07) is 5.06. The molecule has 0 saturated carbocycles. The molecular weight excluding hydrogens is 402 g/mol. The van der Waals surface area contributed by atoms with E-state index in [1.54, 1.807) is 5.43 Å². The molecule has 2 aromatic carbocycles. The lowest BCUT2D eigenvalue weighted by atomic mass is 10.2. The third-order valence-electron chi connectivity index (χ3n) is 4.21. The second kappa shape index (κ2) is 7.76. The number of carbonyl (C=O) groups is 1. The van der Waals surface area contributed by atoms with Crippen molar-refractivity contribution in [2.24, 2.45) is 0 Å². The van der Waals surface area contributed by atoms with Crippen molar-refractivity contribution in [3.63, 3.8) is 0 Å². The highest BCUT2D eigenvalue weighted by Crippen LogP contribution is 2.24. The molecule has 0 spiro atoms. The molecule has 0 aliphatic carbocycles. The van der Waals surface area contributed by atoms with Crippen LogP contribution in [0.2, 0.25) is 0 Å². The fraction of sp³-hybridized carbons (Fsp3) is 0.235. The SMILES string of the molecule is O=C(NNc1c(F)c(F)cc(F)c1F)c1cccc(S(=O)(=O)N2CCCC2)c1. The number of sulfonamides is 1.